The number of benzene rings is 2. The Morgan fingerprint density at radius 2 is 1.80 bits per heavy atom. The largest absolute Gasteiger partial charge is 0.393 e. The molecule has 7 nitrogen and oxygen atoms in total. The first-order valence-corrected chi connectivity index (χ1v) is 15.2. The van der Waals surface area contributed by atoms with Crippen molar-refractivity contribution in [2.45, 2.75) is 73.4 Å². The van der Waals surface area contributed by atoms with Gasteiger partial charge in [-0.1, -0.05) is 18.5 Å². The molecule has 2 aromatic rings. The van der Waals surface area contributed by atoms with Crippen LogP contribution in [0.2, 0.25) is 5.02 Å². The molecule has 2 bridgehead atoms. The number of ether oxygens (including phenoxy) is 1. The fourth-order valence-electron chi connectivity index (χ4n) is 6.72. The number of aliphatic hydroxyl groups excluding tert-OH is 1. The molecular weight excluding hydrogens is 571 g/mol. The second-order valence-corrected chi connectivity index (χ2v) is 14.0. The molecule has 0 aliphatic heterocycles. The Morgan fingerprint density at radius 1 is 1.10 bits per heavy atom. The Labute approximate surface area is 235 Å². The monoisotopic (exact) mass is 601 g/mol. The predicted octanol–water partition coefficient (Wildman–Crippen LogP) is 4.88. The molecule has 0 heterocycles. The third-order valence-electron chi connectivity index (χ3n) is 8.84. The normalized spacial score (nSPS) is 31.9. The van der Waals surface area contributed by atoms with E-state index in [1.54, 1.807) is 0 Å². The van der Waals surface area contributed by atoms with Crippen LogP contribution in [-0.4, -0.2) is 54.2 Å². The number of sulfone groups is 1. The van der Waals surface area contributed by atoms with Gasteiger partial charge in [-0.15, -0.1) is 0 Å². The number of amides is 1. The zero-order chi connectivity index (χ0) is 29.0. The lowest BCUT2D eigenvalue weighted by atomic mass is 9.73. The van der Waals surface area contributed by atoms with Crippen molar-refractivity contribution >= 4 is 33.0 Å². The summed E-state index contributed by atoms with van der Waals surface area (Å²) >= 11 is 6.29. The van der Waals surface area contributed by atoms with E-state index in [1.165, 1.54) is 12.1 Å². The van der Waals surface area contributed by atoms with Crippen LogP contribution < -0.4 is 5.32 Å². The van der Waals surface area contributed by atoms with E-state index in [0.717, 1.165) is 6.07 Å². The number of carbonyl (C=O) groups excluding carboxylic acids is 1. The molecular formula is C28H31ClF3NO6S. The Kier molecular flexibility index (Phi) is 7.99. The van der Waals surface area contributed by atoms with Crippen molar-refractivity contribution in [2.75, 3.05) is 11.9 Å². The quantitative estimate of drug-likeness (QED) is 0.390. The zero-order valence-electron chi connectivity index (χ0n) is 21.7. The summed E-state index contributed by atoms with van der Waals surface area (Å²) in [6.45, 7) is 2.07. The molecule has 1 unspecified atom stereocenters. The fraction of sp³-hybridized carbons (Fsp3) is 0.536. The van der Waals surface area contributed by atoms with Crippen LogP contribution in [0.3, 0.4) is 0 Å². The van der Waals surface area contributed by atoms with Gasteiger partial charge in [0.15, 0.2) is 27.3 Å². The standard InChI is InChI=1S/C28H31ClF3NO6S/c1-14-6-16-8-20(12-21(14)28(16,36)13-39-19-4-3-18(34)11-19)40(37,38)25-7-15(2-5-22(25)29)27(35)33-17-9-23(30)26(32)24(31)10-17/h2,5,7,9-10,14,16,18-21,34,36H,3-4,6,8,11-13H2,1H3,(H,33,35)/t14-,16?,18+,19+,20+,21+,28+/m0/s1. The van der Waals surface area contributed by atoms with Gasteiger partial charge in [0.25, 0.3) is 5.91 Å². The Hall–Kier alpha value is -2.18. The Balaban J connectivity index is 1.34. The predicted molar refractivity (Wildman–Crippen MR) is 141 cm³/mol. The van der Waals surface area contributed by atoms with E-state index in [2.05, 4.69) is 5.32 Å². The lowest BCUT2D eigenvalue weighted by molar-refractivity contribution is -0.132. The fourth-order valence-corrected chi connectivity index (χ4v) is 9.09. The molecule has 0 spiro atoms. The van der Waals surface area contributed by atoms with E-state index >= 15 is 0 Å². The van der Waals surface area contributed by atoms with Crippen molar-refractivity contribution in [1.29, 1.82) is 0 Å². The van der Waals surface area contributed by atoms with Crippen molar-refractivity contribution in [3.05, 3.63) is 58.4 Å². The maximum Gasteiger partial charge on any atom is 0.255 e. The lowest BCUT2D eigenvalue weighted by Gasteiger charge is -2.43. The van der Waals surface area contributed by atoms with Crippen LogP contribution in [0.5, 0.6) is 0 Å². The van der Waals surface area contributed by atoms with E-state index in [1.807, 2.05) is 6.92 Å². The highest BCUT2D eigenvalue weighted by atomic mass is 35.5. The van der Waals surface area contributed by atoms with Crippen LogP contribution in [0.4, 0.5) is 18.9 Å². The van der Waals surface area contributed by atoms with Crippen molar-refractivity contribution in [3.8, 4) is 0 Å². The highest BCUT2D eigenvalue weighted by molar-refractivity contribution is 7.92. The molecule has 7 atom stereocenters. The van der Waals surface area contributed by atoms with Crippen LogP contribution >= 0.6 is 11.6 Å². The molecule has 218 valence electrons. The number of halogens is 4. The van der Waals surface area contributed by atoms with E-state index in [9.17, 15) is 36.6 Å². The van der Waals surface area contributed by atoms with Gasteiger partial charge in [-0.2, -0.15) is 0 Å². The van der Waals surface area contributed by atoms with E-state index in [4.69, 9.17) is 16.3 Å². The van der Waals surface area contributed by atoms with Gasteiger partial charge in [-0.3, -0.25) is 4.79 Å². The van der Waals surface area contributed by atoms with Crippen LogP contribution in [0, 0.1) is 35.2 Å². The highest BCUT2D eigenvalue weighted by Gasteiger charge is 2.59. The van der Waals surface area contributed by atoms with Crippen molar-refractivity contribution in [3.63, 3.8) is 0 Å². The molecule has 3 aliphatic carbocycles. The summed E-state index contributed by atoms with van der Waals surface area (Å²) in [5.74, 6) is -6.09. The van der Waals surface area contributed by atoms with Crippen LogP contribution in [-0.2, 0) is 14.6 Å². The molecule has 0 aromatic heterocycles. The van der Waals surface area contributed by atoms with Gasteiger partial charge in [-0.25, -0.2) is 21.6 Å². The molecule has 3 N–H and O–H groups in total. The van der Waals surface area contributed by atoms with Gasteiger partial charge in [0.1, 0.15) is 0 Å². The van der Waals surface area contributed by atoms with Gasteiger partial charge in [0.05, 0.1) is 39.6 Å². The summed E-state index contributed by atoms with van der Waals surface area (Å²) in [6, 6.07) is 4.88. The first kappa shape index (κ1) is 29.3. The van der Waals surface area contributed by atoms with Crippen molar-refractivity contribution < 1.29 is 41.3 Å². The number of carbonyl (C=O) groups is 1. The summed E-state index contributed by atoms with van der Waals surface area (Å²) in [7, 11) is -4.04. The summed E-state index contributed by atoms with van der Waals surface area (Å²) in [5.41, 5.74) is -1.64. The number of anilines is 1. The second-order valence-electron chi connectivity index (χ2n) is 11.4. The third-order valence-corrected chi connectivity index (χ3v) is 11.5. The molecule has 1 amide bonds. The summed E-state index contributed by atoms with van der Waals surface area (Å²) in [6.07, 6.45) is 2.37. The second kappa shape index (κ2) is 10.9. The number of hydrogen-bond donors (Lipinski definition) is 3. The van der Waals surface area contributed by atoms with E-state index in [-0.39, 0.29) is 64.5 Å². The SMILES string of the molecule is C[C@H]1CC2C[C@@H](S(=O)(=O)c3cc(C(=O)Nc4cc(F)c(F)c(F)c4)ccc3Cl)C[C@H]1[C@@]2(O)CO[C@@H]1CC[C@@H](O)C1. The lowest BCUT2D eigenvalue weighted by Crippen LogP contribution is -2.52. The maximum atomic E-state index is 13.8. The molecule has 5 rings (SSSR count). The number of rotatable bonds is 7. The van der Waals surface area contributed by atoms with Gasteiger partial charge in [0.2, 0.25) is 0 Å². The first-order chi connectivity index (χ1) is 18.8. The molecule has 3 fully saturated rings. The van der Waals surface area contributed by atoms with Gasteiger partial charge in [-0.05, 0) is 74.5 Å². The smallest absolute Gasteiger partial charge is 0.255 e. The number of nitrogens with one attached hydrogen (secondary N) is 1. The number of fused-ring (bicyclic) bond motifs is 2. The van der Waals surface area contributed by atoms with Crippen LogP contribution in [0.1, 0.15) is 55.8 Å². The number of hydrogen-bond acceptors (Lipinski definition) is 6. The minimum absolute atomic E-state index is 0.0667. The molecule has 40 heavy (non-hydrogen) atoms. The summed E-state index contributed by atoms with van der Waals surface area (Å²) < 4.78 is 74.0. The van der Waals surface area contributed by atoms with Gasteiger partial charge in [0, 0.05) is 23.4 Å². The highest BCUT2D eigenvalue weighted by Crippen LogP contribution is 2.55. The minimum Gasteiger partial charge on any atom is -0.393 e. The van der Waals surface area contributed by atoms with Crippen molar-refractivity contribution in [1.82, 2.24) is 0 Å². The Morgan fingerprint density at radius 3 is 2.42 bits per heavy atom. The first-order valence-electron chi connectivity index (χ1n) is 13.3. The molecule has 0 saturated heterocycles. The average Bonchev–Trinajstić information content (AvgIpc) is 3.33. The summed E-state index contributed by atoms with van der Waals surface area (Å²) in [4.78, 5) is 12.5. The van der Waals surface area contributed by atoms with Crippen LogP contribution in [0.15, 0.2) is 35.2 Å². The molecule has 3 aliphatic rings. The van der Waals surface area contributed by atoms with Crippen molar-refractivity contribution in [2.24, 2.45) is 17.8 Å². The molecule has 0 radical (unpaired) electrons. The maximum absolute atomic E-state index is 13.8. The molecule has 12 heteroatoms. The molecule has 3 saturated carbocycles. The topological polar surface area (TPSA) is 113 Å². The molecule has 2 aromatic carbocycles. The van der Waals surface area contributed by atoms with E-state index in [0.29, 0.717) is 37.8 Å². The number of aliphatic hydroxyl groups is 2. The van der Waals surface area contributed by atoms with Gasteiger partial charge >= 0.3 is 0 Å². The van der Waals surface area contributed by atoms with E-state index < -0.39 is 50.2 Å². The Bertz CT molecular complexity index is 1400. The zero-order valence-corrected chi connectivity index (χ0v) is 23.3. The summed E-state index contributed by atoms with van der Waals surface area (Å²) in [5, 5.41) is 22.7. The van der Waals surface area contributed by atoms with Gasteiger partial charge < -0.3 is 20.3 Å². The average molecular weight is 602 g/mol. The van der Waals surface area contributed by atoms with Crippen LogP contribution in [0.25, 0.3) is 0 Å². The minimum atomic E-state index is -4.04. The third kappa shape index (κ3) is 5.38.